The average molecular weight is 229 g/mol. The number of ether oxygens (including phenoxy) is 2. The van der Waals surface area contributed by atoms with Crippen LogP contribution in [-0.2, 0) is 6.54 Å². The van der Waals surface area contributed by atoms with Crippen LogP contribution in [0.5, 0.6) is 11.5 Å². The van der Waals surface area contributed by atoms with E-state index >= 15 is 0 Å². The molecule has 4 nitrogen and oxygen atoms in total. The van der Waals surface area contributed by atoms with E-state index in [1.165, 1.54) is 0 Å². The lowest BCUT2D eigenvalue weighted by Gasteiger charge is -2.06. The lowest BCUT2D eigenvalue weighted by atomic mass is 10.2. The molecular formula is C13H11NO3. The SMILES string of the molecule is O=Cc1cccn1Cc1ccc2c(c1)OCO2. The van der Waals surface area contributed by atoms with Crippen LogP contribution < -0.4 is 9.47 Å². The topological polar surface area (TPSA) is 40.5 Å². The predicted molar refractivity (Wildman–Crippen MR) is 61.5 cm³/mol. The van der Waals surface area contributed by atoms with Gasteiger partial charge >= 0.3 is 0 Å². The molecule has 86 valence electrons. The Hall–Kier alpha value is -2.23. The normalized spacial score (nSPS) is 12.7. The van der Waals surface area contributed by atoms with E-state index in [4.69, 9.17) is 9.47 Å². The van der Waals surface area contributed by atoms with Crippen molar-refractivity contribution in [1.29, 1.82) is 0 Å². The Bertz CT molecular complexity index is 560. The molecule has 0 atom stereocenters. The van der Waals surface area contributed by atoms with Gasteiger partial charge in [0, 0.05) is 12.7 Å². The van der Waals surface area contributed by atoms with Crippen LogP contribution in [-0.4, -0.2) is 17.6 Å². The van der Waals surface area contributed by atoms with E-state index in [-0.39, 0.29) is 6.79 Å². The van der Waals surface area contributed by atoms with E-state index in [9.17, 15) is 4.79 Å². The fourth-order valence-electron chi connectivity index (χ4n) is 1.91. The number of rotatable bonds is 3. The third-order valence-electron chi connectivity index (χ3n) is 2.78. The van der Waals surface area contributed by atoms with Crippen molar-refractivity contribution < 1.29 is 14.3 Å². The molecule has 1 aromatic carbocycles. The van der Waals surface area contributed by atoms with Gasteiger partial charge in [-0.2, -0.15) is 0 Å². The molecule has 1 aliphatic heterocycles. The third kappa shape index (κ3) is 1.78. The van der Waals surface area contributed by atoms with Gasteiger partial charge in [0.15, 0.2) is 17.8 Å². The van der Waals surface area contributed by atoms with E-state index < -0.39 is 0 Å². The first-order valence-electron chi connectivity index (χ1n) is 5.35. The third-order valence-corrected chi connectivity index (χ3v) is 2.78. The van der Waals surface area contributed by atoms with Crippen LogP contribution >= 0.6 is 0 Å². The summed E-state index contributed by atoms with van der Waals surface area (Å²) in [5.41, 5.74) is 1.75. The number of nitrogens with zero attached hydrogens (tertiary/aromatic N) is 1. The summed E-state index contributed by atoms with van der Waals surface area (Å²) in [6.07, 6.45) is 2.74. The second-order valence-corrected chi connectivity index (χ2v) is 3.87. The lowest BCUT2D eigenvalue weighted by Crippen LogP contribution is -2.02. The summed E-state index contributed by atoms with van der Waals surface area (Å²) in [6.45, 7) is 0.930. The highest BCUT2D eigenvalue weighted by Gasteiger charge is 2.13. The second kappa shape index (κ2) is 3.97. The highest BCUT2D eigenvalue weighted by atomic mass is 16.7. The molecule has 0 bridgehead atoms. The van der Waals surface area contributed by atoms with Crippen LogP contribution in [0.1, 0.15) is 16.1 Å². The zero-order valence-corrected chi connectivity index (χ0v) is 9.13. The molecule has 2 heterocycles. The Morgan fingerprint density at radius 3 is 3.00 bits per heavy atom. The first kappa shape index (κ1) is 9.96. The summed E-state index contributed by atoms with van der Waals surface area (Å²) in [5, 5.41) is 0. The van der Waals surface area contributed by atoms with Gasteiger partial charge in [-0.15, -0.1) is 0 Å². The lowest BCUT2D eigenvalue weighted by molar-refractivity contribution is 0.111. The maximum Gasteiger partial charge on any atom is 0.231 e. The standard InChI is InChI=1S/C13H11NO3/c15-8-11-2-1-5-14(11)7-10-3-4-12-13(6-10)17-9-16-12/h1-6,8H,7,9H2. The monoisotopic (exact) mass is 229 g/mol. The van der Waals surface area contributed by atoms with Gasteiger partial charge in [0.05, 0.1) is 5.69 Å². The Balaban J connectivity index is 1.88. The first-order chi connectivity index (χ1) is 8.36. The Kier molecular flexibility index (Phi) is 2.33. The van der Waals surface area contributed by atoms with Gasteiger partial charge in [-0.05, 0) is 29.8 Å². The van der Waals surface area contributed by atoms with Crippen LogP contribution in [0.25, 0.3) is 0 Å². The minimum absolute atomic E-state index is 0.280. The Morgan fingerprint density at radius 1 is 1.24 bits per heavy atom. The molecule has 0 fully saturated rings. The zero-order chi connectivity index (χ0) is 11.7. The fraction of sp³-hybridized carbons (Fsp3) is 0.154. The number of fused-ring (bicyclic) bond motifs is 1. The molecule has 0 aliphatic carbocycles. The first-order valence-corrected chi connectivity index (χ1v) is 5.35. The molecule has 1 aliphatic rings. The Morgan fingerprint density at radius 2 is 2.12 bits per heavy atom. The van der Waals surface area contributed by atoms with Crippen LogP contribution in [0.15, 0.2) is 36.5 Å². The van der Waals surface area contributed by atoms with Crippen molar-refractivity contribution in [1.82, 2.24) is 4.57 Å². The number of aromatic nitrogens is 1. The summed E-state index contributed by atoms with van der Waals surface area (Å²) >= 11 is 0. The highest BCUT2D eigenvalue weighted by molar-refractivity contribution is 5.72. The molecule has 0 saturated carbocycles. The summed E-state index contributed by atoms with van der Waals surface area (Å²) in [7, 11) is 0. The van der Waals surface area contributed by atoms with Crippen molar-refractivity contribution in [3.05, 3.63) is 47.8 Å². The van der Waals surface area contributed by atoms with Crippen molar-refractivity contribution in [3.8, 4) is 11.5 Å². The minimum Gasteiger partial charge on any atom is -0.454 e. The highest BCUT2D eigenvalue weighted by Crippen LogP contribution is 2.32. The molecule has 0 unspecified atom stereocenters. The average Bonchev–Trinajstić information content (AvgIpc) is 2.96. The van der Waals surface area contributed by atoms with Crippen LogP contribution in [0.2, 0.25) is 0 Å². The van der Waals surface area contributed by atoms with Crippen LogP contribution in [0.4, 0.5) is 0 Å². The molecule has 2 aromatic rings. The van der Waals surface area contributed by atoms with E-state index in [0.717, 1.165) is 23.3 Å². The van der Waals surface area contributed by atoms with Crippen molar-refractivity contribution >= 4 is 6.29 Å². The van der Waals surface area contributed by atoms with Crippen molar-refractivity contribution in [3.63, 3.8) is 0 Å². The molecule has 0 spiro atoms. The second-order valence-electron chi connectivity index (χ2n) is 3.87. The molecule has 1 aromatic heterocycles. The maximum atomic E-state index is 10.8. The number of hydrogen-bond donors (Lipinski definition) is 0. The van der Waals surface area contributed by atoms with E-state index in [1.54, 1.807) is 6.07 Å². The van der Waals surface area contributed by atoms with Crippen LogP contribution in [0.3, 0.4) is 0 Å². The molecule has 17 heavy (non-hydrogen) atoms. The van der Waals surface area contributed by atoms with E-state index in [2.05, 4.69) is 0 Å². The Labute approximate surface area is 98.4 Å². The number of carbonyl (C=O) groups is 1. The van der Waals surface area contributed by atoms with Gasteiger partial charge in [-0.25, -0.2) is 0 Å². The summed E-state index contributed by atoms with van der Waals surface area (Å²) in [5.74, 6) is 1.54. The van der Waals surface area contributed by atoms with Gasteiger partial charge in [0.25, 0.3) is 0 Å². The largest absolute Gasteiger partial charge is 0.454 e. The quantitative estimate of drug-likeness (QED) is 0.756. The molecule has 0 radical (unpaired) electrons. The maximum absolute atomic E-state index is 10.8. The molecule has 3 rings (SSSR count). The smallest absolute Gasteiger partial charge is 0.231 e. The van der Waals surface area contributed by atoms with Gasteiger partial charge in [-0.3, -0.25) is 4.79 Å². The number of aldehydes is 1. The van der Waals surface area contributed by atoms with Crippen molar-refractivity contribution in [2.45, 2.75) is 6.54 Å². The summed E-state index contributed by atoms with van der Waals surface area (Å²) in [6, 6.07) is 9.46. The van der Waals surface area contributed by atoms with Gasteiger partial charge < -0.3 is 14.0 Å². The van der Waals surface area contributed by atoms with E-state index in [0.29, 0.717) is 12.2 Å². The fourth-order valence-corrected chi connectivity index (χ4v) is 1.91. The predicted octanol–water partition coefficient (Wildman–Crippen LogP) is 2.08. The minimum atomic E-state index is 0.280. The number of hydrogen-bond acceptors (Lipinski definition) is 3. The molecular weight excluding hydrogens is 218 g/mol. The zero-order valence-electron chi connectivity index (χ0n) is 9.13. The van der Waals surface area contributed by atoms with Crippen molar-refractivity contribution in [2.24, 2.45) is 0 Å². The van der Waals surface area contributed by atoms with Crippen LogP contribution in [0, 0.1) is 0 Å². The summed E-state index contributed by atoms with van der Waals surface area (Å²) < 4.78 is 12.5. The molecule has 0 saturated heterocycles. The van der Waals surface area contributed by atoms with E-state index in [1.807, 2.05) is 35.0 Å². The van der Waals surface area contributed by atoms with Crippen molar-refractivity contribution in [2.75, 3.05) is 6.79 Å². The van der Waals surface area contributed by atoms with Gasteiger partial charge in [0.1, 0.15) is 0 Å². The summed E-state index contributed by atoms with van der Waals surface area (Å²) in [4.78, 5) is 10.8. The van der Waals surface area contributed by atoms with Gasteiger partial charge in [0.2, 0.25) is 6.79 Å². The van der Waals surface area contributed by atoms with Gasteiger partial charge in [-0.1, -0.05) is 6.07 Å². The number of benzene rings is 1. The molecule has 0 amide bonds. The molecule has 0 N–H and O–H groups in total. The molecule has 4 heteroatoms. The number of carbonyl (C=O) groups excluding carboxylic acids is 1.